The Labute approximate surface area is 171 Å². The van der Waals surface area contributed by atoms with Gasteiger partial charge in [0.25, 0.3) is 0 Å². The first-order valence-corrected chi connectivity index (χ1v) is 9.65. The molecule has 0 spiro atoms. The van der Waals surface area contributed by atoms with E-state index in [0.29, 0.717) is 33.7 Å². The van der Waals surface area contributed by atoms with Crippen molar-refractivity contribution in [3.05, 3.63) is 66.4 Å². The van der Waals surface area contributed by atoms with Crippen molar-refractivity contribution < 1.29 is 9.53 Å². The second-order valence-corrected chi connectivity index (χ2v) is 6.88. The number of aromatic nitrogens is 4. The van der Waals surface area contributed by atoms with E-state index in [9.17, 15) is 4.79 Å². The zero-order valence-electron chi connectivity index (χ0n) is 16.3. The number of nitrogens with one attached hydrogen (secondary N) is 2. The first-order chi connectivity index (χ1) is 14.7. The Morgan fingerprint density at radius 2 is 1.87 bits per heavy atom. The third-order valence-electron chi connectivity index (χ3n) is 5.12. The number of aromatic amines is 2. The average molecular weight is 397 g/mol. The van der Waals surface area contributed by atoms with Gasteiger partial charge in [0.15, 0.2) is 5.65 Å². The predicted molar refractivity (Wildman–Crippen MR) is 117 cm³/mol. The van der Waals surface area contributed by atoms with Crippen LogP contribution in [0.5, 0.6) is 0 Å². The van der Waals surface area contributed by atoms with E-state index in [1.165, 1.54) is 0 Å². The Morgan fingerprint density at radius 3 is 2.67 bits per heavy atom. The van der Waals surface area contributed by atoms with Gasteiger partial charge in [-0.25, -0.2) is 9.78 Å². The molecule has 0 radical (unpaired) electrons. The fraction of sp³-hybridized carbons (Fsp3) is 0.0870. The average Bonchev–Trinajstić information content (AvgIpc) is 3.37. The lowest BCUT2D eigenvalue weighted by molar-refractivity contribution is 0.0528. The minimum absolute atomic E-state index is 0.249. The fourth-order valence-corrected chi connectivity index (χ4v) is 3.83. The number of hydrogen-bond donors (Lipinski definition) is 3. The topological polar surface area (TPSA) is 110 Å². The summed E-state index contributed by atoms with van der Waals surface area (Å²) >= 11 is 0. The Kier molecular flexibility index (Phi) is 4.21. The molecule has 7 nitrogen and oxygen atoms in total. The first kappa shape index (κ1) is 17.9. The summed E-state index contributed by atoms with van der Waals surface area (Å²) in [5, 5.41) is 8.65. The molecule has 0 unspecified atom stereocenters. The van der Waals surface area contributed by atoms with Gasteiger partial charge in [-0.05, 0) is 13.0 Å². The third-order valence-corrected chi connectivity index (χ3v) is 5.12. The van der Waals surface area contributed by atoms with Crippen molar-refractivity contribution in [2.24, 2.45) is 0 Å². The number of rotatable bonds is 4. The van der Waals surface area contributed by atoms with Gasteiger partial charge >= 0.3 is 5.97 Å². The molecule has 0 aliphatic carbocycles. The summed E-state index contributed by atoms with van der Waals surface area (Å²) in [4.78, 5) is 21.2. The lowest BCUT2D eigenvalue weighted by atomic mass is 9.93. The smallest absolute Gasteiger partial charge is 0.341 e. The molecule has 0 atom stereocenters. The first-order valence-electron chi connectivity index (χ1n) is 9.65. The summed E-state index contributed by atoms with van der Waals surface area (Å²) < 4.78 is 5.45. The lowest BCUT2D eigenvalue weighted by Gasteiger charge is -2.15. The van der Waals surface area contributed by atoms with Crippen molar-refractivity contribution in [3.63, 3.8) is 0 Å². The third kappa shape index (κ3) is 2.71. The predicted octanol–water partition coefficient (Wildman–Crippen LogP) is 4.53. The highest BCUT2D eigenvalue weighted by Crippen LogP contribution is 2.41. The number of ether oxygens (including phenoxy) is 1. The molecule has 0 aliphatic rings. The zero-order valence-corrected chi connectivity index (χ0v) is 16.3. The van der Waals surface area contributed by atoms with E-state index in [1.54, 1.807) is 6.92 Å². The largest absolute Gasteiger partial charge is 0.462 e. The van der Waals surface area contributed by atoms with Crippen molar-refractivity contribution >= 4 is 33.7 Å². The Hall–Kier alpha value is -4.13. The van der Waals surface area contributed by atoms with Crippen LogP contribution < -0.4 is 5.73 Å². The second kappa shape index (κ2) is 7.04. The number of carbonyl (C=O) groups is 1. The van der Waals surface area contributed by atoms with E-state index in [-0.39, 0.29) is 6.61 Å². The van der Waals surface area contributed by atoms with E-state index >= 15 is 0 Å². The SMILES string of the molecule is CCOC(=O)c1c(-c2ccccc2)nc2n[nH]c(N)c2c1-c1c[nH]c2ccccc12. The second-order valence-electron chi connectivity index (χ2n) is 6.88. The molecule has 0 amide bonds. The monoisotopic (exact) mass is 397 g/mol. The zero-order chi connectivity index (χ0) is 20.7. The molecule has 5 aromatic rings. The van der Waals surface area contributed by atoms with Crippen molar-refractivity contribution in [3.8, 4) is 22.4 Å². The van der Waals surface area contributed by atoms with Gasteiger partial charge in [0, 0.05) is 33.8 Å². The molecule has 3 aromatic heterocycles. The molecule has 5 rings (SSSR count). The maximum atomic E-state index is 13.2. The van der Waals surface area contributed by atoms with Crippen LogP contribution in [0.1, 0.15) is 17.3 Å². The van der Waals surface area contributed by atoms with Crippen LogP contribution in [0, 0.1) is 0 Å². The Bertz CT molecular complexity index is 1390. The van der Waals surface area contributed by atoms with Crippen LogP contribution in [0.25, 0.3) is 44.3 Å². The minimum Gasteiger partial charge on any atom is -0.462 e. The number of H-pyrrole nitrogens is 2. The van der Waals surface area contributed by atoms with Crippen LogP contribution in [0.4, 0.5) is 5.82 Å². The van der Waals surface area contributed by atoms with Crippen LogP contribution in [0.3, 0.4) is 0 Å². The van der Waals surface area contributed by atoms with E-state index < -0.39 is 5.97 Å². The van der Waals surface area contributed by atoms with Crippen molar-refractivity contribution in [1.29, 1.82) is 0 Å². The number of para-hydroxylation sites is 1. The normalized spacial score (nSPS) is 11.2. The van der Waals surface area contributed by atoms with Gasteiger partial charge in [-0.15, -0.1) is 0 Å². The van der Waals surface area contributed by atoms with Crippen LogP contribution in [0.15, 0.2) is 60.8 Å². The highest BCUT2D eigenvalue weighted by atomic mass is 16.5. The molecule has 0 saturated heterocycles. The molecule has 148 valence electrons. The highest BCUT2D eigenvalue weighted by Gasteiger charge is 2.28. The van der Waals surface area contributed by atoms with Gasteiger partial charge in [-0.2, -0.15) is 5.10 Å². The van der Waals surface area contributed by atoms with E-state index in [0.717, 1.165) is 22.0 Å². The highest BCUT2D eigenvalue weighted by molar-refractivity contribution is 6.16. The van der Waals surface area contributed by atoms with Gasteiger partial charge in [-0.3, -0.25) is 5.10 Å². The maximum Gasteiger partial charge on any atom is 0.341 e. The molecular formula is C23H19N5O2. The van der Waals surface area contributed by atoms with Crippen LogP contribution >= 0.6 is 0 Å². The summed E-state index contributed by atoms with van der Waals surface area (Å²) in [5.41, 5.74) is 10.8. The molecule has 0 fully saturated rings. The van der Waals surface area contributed by atoms with Gasteiger partial charge in [0.05, 0.1) is 23.3 Å². The summed E-state index contributed by atoms with van der Waals surface area (Å²) in [5.74, 6) is -0.102. The van der Waals surface area contributed by atoms with Crippen LogP contribution in [-0.4, -0.2) is 32.7 Å². The number of esters is 1. The summed E-state index contributed by atoms with van der Waals surface area (Å²) in [7, 11) is 0. The van der Waals surface area contributed by atoms with E-state index in [2.05, 4.69) is 20.2 Å². The number of hydrogen-bond acceptors (Lipinski definition) is 5. The maximum absolute atomic E-state index is 13.2. The van der Waals surface area contributed by atoms with E-state index in [4.69, 9.17) is 10.5 Å². The molecule has 30 heavy (non-hydrogen) atoms. The summed E-state index contributed by atoms with van der Waals surface area (Å²) in [6.45, 7) is 2.03. The Morgan fingerprint density at radius 1 is 1.10 bits per heavy atom. The quantitative estimate of drug-likeness (QED) is 0.386. The number of anilines is 1. The number of carbonyl (C=O) groups excluding carboxylic acids is 1. The van der Waals surface area contributed by atoms with Gasteiger partial charge in [0.1, 0.15) is 5.82 Å². The van der Waals surface area contributed by atoms with Crippen LogP contribution in [-0.2, 0) is 4.74 Å². The van der Waals surface area contributed by atoms with Crippen molar-refractivity contribution in [2.45, 2.75) is 6.92 Å². The van der Waals surface area contributed by atoms with Gasteiger partial charge in [0.2, 0.25) is 0 Å². The molecule has 2 aromatic carbocycles. The number of nitrogens with two attached hydrogens (primary N) is 1. The molecule has 4 N–H and O–H groups in total. The number of nitrogen functional groups attached to an aromatic ring is 1. The van der Waals surface area contributed by atoms with Crippen LogP contribution in [0.2, 0.25) is 0 Å². The van der Waals surface area contributed by atoms with E-state index in [1.807, 2.05) is 60.8 Å². The summed E-state index contributed by atoms with van der Waals surface area (Å²) in [6, 6.07) is 17.4. The number of benzene rings is 2. The number of pyridine rings is 1. The van der Waals surface area contributed by atoms with Crippen molar-refractivity contribution in [2.75, 3.05) is 12.3 Å². The Balaban J connectivity index is 1.96. The fourth-order valence-electron chi connectivity index (χ4n) is 3.83. The lowest BCUT2D eigenvalue weighted by Crippen LogP contribution is -2.10. The van der Waals surface area contributed by atoms with Crippen molar-refractivity contribution in [1.82, 2.24) is 20.2 Å². The molecule has 0 saturated carbocycles. The number of nitrogens with zero attached hydrogens (tertiary/aromatic N) is 2. The minimum atomic E-state index is -0.452. The van der Waals surface area contributed by atoms with Gasteiger partial charge < -0.3 is 15.5 Å². The molecular weight excluding hydrogens is 378 g/mol. The standard InChI is InChI=1S/C23H19N5O2/c1-2-30-23(29)18-17(15-12-25-16-11-7-6-10-14(15)16)19-21(24)27-28-22(19)26-20(18)13-8-4-3-5-9-13/h3-12,25H,2H2,1H3,(H3,24,26,27,28). The number of fused-ring (bicyclic) bond motifs is 2. The molecule has 0 bridgehead atoms. The molecule has 7 heteroatoms. The summed E-state index contributed by atoms with van der Waals surface area (Å²) in [6.07, 6.45) is 1.88. The molecule has 3 heterocycles. The van der Waals surface area contributed by atoms with Gasteiger partial charge in [-0.1, -0.05) is 48.5 Å². The molecule has 0 aliphatic heterocycles.